The highest BCUT2D eigenvalue weighted by atomic mass is 79.9. The third-order valence-electron chi connectivity index (χ3n) is 3.50. The van der Waals surface area contributed by atoms with E-state index in [-0.39, 0.29) is 11.0 Å². The summed E-state index contributed by atoms with van der Waals surface area (Å²) < 4.78 is 33.6. The van der Waals surface area contributed by atoms with Crippen molar-refractivity contribution in [2.75, 3.05) is 12.3 Å². The Morgan fingerprint density at radius 1 is 1.53 bits per heavy atom. The van der Waals surface area contributed by atoms with Gasteiger partial charge in [0.25, 0.3) is 0 Å². The normalized spacial score (nSPS) is 27.6. The minimum Gasteiger partial charge on any atom is -0.399 e. The number of nitrogen functional groups attached to an aromatic ring is 1. The van der Waals surface area contributed by atoms with Gasteiger partial charge in [-0.2, -0.15) is 0 Å². The average Bonchev–Trinajstić information content (AvgIpc) is 2.61. The second-order valence-electron chi connectivity index (χ2n) is 4.98. The molecule has 0 amide bonds. The molecule has 2 unspecified atom stereocenters. The van der Waals surface area contributed by atoms with Gasteiger partial charge in [-0.3, -0.25) is 0 Å². The molecular weight excluding hydrogens is 332 g/mol. The summed E-state index contributed by atoms with van der Waals surface area (Å²) in [5.41, 5.74) is 5.47. The summed E-state index contributed by atoms with van der Waals surface area (Å²) in [4.78, 5) is 0.146. The molecule has 2 atom stereocenters. The van der Waals surface area contributed by atoms with Gasteiger partial charge in [0.05, 0.1) is 16.5 Å². The molecule has 7 heteroatoms. The first-order chi connectivity index (χ1) is 8.74. The highest BCUT2D eigenvalue weighted by Gasteiger charge is 2.40. The maximum absolute atomic E-state index is 12.5. The molecule has 2 rings (SSSR count). The van der Waals surface area contributed by atoms with E-state index in [1.807, 2.05) is 13.8 Å². The van der Waals surface area contributed by atoms with Crippen molar-refractivity contribution in [2.45, 2.75) is 36.8 Å². The summed E-state index contributed by atoms with van der Waals surface area (Å²) in [6.07, 6.45) is 0.481. The molecule has 1 aromatic carbocycles. The van der Waals surface area contributed by atoms with Crippen LogP contribution in [0, 0.1) is 0 Å². The van der Waals surface area contributed by atoms with Gasteiger partial charge < -0.3 is 10.5 Å². The molecule has 1 heterocycles. The largest absolute Gasteiger partial charge is 0.399 e. The molecule has 19 heavy (non-hydrogen) atoms. The molecule has 0 saturated carbocycles. The molecule has 0 radical (unpaired) electrons. The predicted octanol–water partition coefficient (Wildman–Crippen LogP) is 1.88. The van der Waals surface area contributed by atoms with Gasteiger partial charge in [0.15, 0.2) is 0 Å². The fraction of sp³-hybridized carbons (Fsp3) is 0.500. The first-order valence-corrected chi connectivity index (χ1v) is 8.23. The van der Waals surface area contributed by atoms with Crippen molar-refractivity contribution in [3.8, 4) is 0 Å². The number of rotatable bonds is 3. The number of ether oxygens (including phenoxy) is 1. The highest BCUT2D eigenvalue weighted by Crippen LogP contribution is 2.30. The van der Waals surface area contributed by atoms with Crippen molar-refractivity contribution < 1.29 is 13.2 Å². The summed E-state index contributed by atoms with van der Waals surface area (Å²) >= 11 is 3.24. The number of hydrogen-bond acceptors (Lipinski definition) is 4. The fourth-order valence-corrected chi connectivity index (χ4v) is 4.55. The fourth-order valence-electron chi connectivity index (χ4n) is 2.06. The third-order valence-corrected chi connectivity index (χ3v) is 6.10. The topological polar surface area (TPSA) is 81.4 Å². The quantitative estimate of drug-likeness (QED) is 0.817. The van der Waals surface area contributed by atoms with Gasteiger partial charge in [0, 0.05) is 16.8 Å². The van der Waals surface area contributed by atoms with Crippen molar-refractivity contribution >= 4 is 31.6 Å². The van der Waals surface area contributed by atoms with Crippen LogP contribution in [0.3, 0.4) is 0 Å². The zero-order chi connectivity index (χ0) is 14.3. The van der Waals surface area contributed by atoms with Gasteiger partial charge in [-0.25, -0.2) is 13.1 Å². The first kappa shape index (κ1) is 14.8. The van der Waals surface area contributed by atoms with Crippen LogP contribution in [0.1, 0.15) is 20.3 Å². The van der Waals surface area contributed by atoms with Crippen LogP contribution < -0.4 is 10.5 Å². The molecule has 5 nitrogen and oxygen atoms in total. The number of nitrogens with two attached hydrogens (primary N) is 1. The number of benzene rings is 1. The molecule has 1 saturated heterocycles. The number of halogens is 1. The van der Waals surface area contributed by atoms with E-state index in [9.17, 15) is 8.42 Å². The van der Waals surface area contributed by atoms with Gasteiger partial charge in [0.2, 0.25) is 10.0 Å². The van der Waals surface area contributed by atoms with Crippen LogP contribution in [0.2, 0.25) is 0 Å². The number of nitrogens with one attached hydrogen (secondary N) is 1. The first-order valence-electron chi connectivity index (χ1n) is 5.95. The lowest BCUT2D eigenvalue weighted by molar-refractivity contribution is 0.0957. The van der Waals surface area contributed by atoms with Gasteiger partial charge >= 0.3 is 0 Å². The van der Waals surface area contributed by atoms with Crippen LogP contribution in [0.25, 0.3) is 0 Å². The van der Waals surface area contributed by atoms with Crippen LogP contribution in [-0.4, -0.2) is 26.7 Å². The van der Waals surface area contributed by atoms with Crippen molar-refractivity contribution in [3.63, 3.8) is 0 Å². The molecule has 0 aliphatic carbocycles. The zero-order valence-corrected chi connectivity index (χ0v) is 13.2. The molecule has 1 aliphatic rings. The van der Waals surface area contributed by atoms with Crippen LogP contribution in [0.4, 0.5) is 5.69 Å². The number of anilines is 1. The summed E-state index contributed by atoms with van der Waals surface area (Å²) in [7, 11) is -3.65. The zero-order valence-electron chi connectivity index (χ0n) is 10.8. The summed E-state index contributed by atoms with van der Waals surface area (Å²) in [5.74, 6) is 0. The van der Waals surface area contributed by atoms with E-state index < -0.39 is 15.6 Å². The maximum Gasteiger partial charge on any atom is 0.242 e. The van der Waals surface area contributed by atoms with Crippen LogP contribution >= 0.6 is 15.9 Å². The molecule has 3 N–H and O–H groups in total. The van der Waals surface area contributed by atoms with E-state index in [2.05, 4.69) is 20.7 Å². The third kappa shape index (κ3) is 2.94. The lowest BCUT2D eigenvalue weighted by Gasteiger charge is -2.28. The standard InChI is InChI=1S/C12H17BrN2O3S/c1-8-12(2,5-6-18-8)15-19(16,17)11-7-9(14)3-4-10(11)13/h3-4,7-8,15H,5-6,14H2,1-2H3. The molecule has 1 fully saturated rings. The Morgan fingerprint density at radius 2 is 2.21 bits per heavy atom. The van der Waals surface area contributed by atoms with Crippen molar-refractivity contribution in [1.29, 1.82) is 0 Å². The van der Waals surface area contributed by atoms with Crippen molar-refractivity contribution in [3.05, 3.63) is 22.7 Å². The molecule has 0 bridgehead atoms. The van der Waals surface area contributed by atoms with E-state index in [1.165, 1.54) is 6.07 Å². The van der Waals surface area contributed by atoms with E-state index in [1.54, 1.807) is 12.1 Å². The Hall–Kier alpha value is -0.630. The van der Waals surface area contributed by atoms with E-state index in [0.29, 0.717) is 23.2 Å². The Morgan fingerprint density at radius 3 is 2.79 bits per heavy atom. The van der Waals surface area contributed by atoms with Gasteiger partial charge in [0.1, 0.15) is 0 Å². The maximum atomic E-state index is 12.5. The van der Waals surface area contributed by atoms with Crippen LogP contribution in [0.15, 0.2) is 27.6 Å². The SMILES string of the molecule is CC1OCCC1(C)NS(=O)(=O)c1cc(N)ccc1Br. The lowest BCUT2D eigenvalue weighted by Crippen LogP contribution is -2.50. The summed E-state index contributed by atoms with van der Waals surface area (Å²) in [5, 5.41) is 0. The highest BCUT2D eigenvalue weighted by molar-refractivity contribution is 9.10. The Kier molecular flexibility index (Phi) is 3.92. The van der Waals surface area contributed by atoms with Crippen molar-refractivity contribution in [1.82, 2.24) is 4.72 Å². The van der Waals surface area contributed by atoms with Crippen molar-refractivity contribution in [2.24, 2.45) is 0 Å². The second-order valence-corrected chi connectivity index (χ2v) is 7.48. The minimum atomic E-state index is -3.65. The molecule has 0 spiro atoms. The van der Waals surface area contributed by atoms with Crippen LogP contribution in [0.5, 0.6) is 0 Å². The lowest BCUT2D eigenvalue weighted by atomic mass is 9.97. The monoisotopic (exact) mass is 348 g/mol. The van der Waals surface area contributed by atoms with Gasteiger partial charge in [-0.15, -0.1) is 0 Å². The minimum absolute atomic E-state index is 0.146. The molecule has 1 aliphatic heterocycles. The molecule has 106 valence electrons. The molecular formula is C12H17BrN2O3S. The molecule has 1 aromatic rings. The van der Waals surface area contributed by atoms with Crippen LogP contribution in [-0.2, 0) is 14.8 Å². The number of hydrogen-bond donors (Lipinski definition) is 2. The number of sulfonamides is 1. The second kappa shape index (κ2) is 5.05. The van der Waals surface area contributed by atoms with Gasteiger partial charge in [-0.1, -0.05) is 0 Å². The van der Waals surface area contributed by atoms with E-state index >= 15 is 0 Å². The average molecular weight is 349 g/mol. The van der Waals surface area contributed by atoms with Gasteiger partial charge in [-0.05, 0) is 54.4 Å². The predicted molar refractivity (Wildman–Crippen MR) is 77.3 cm³/mol. The van der Waals surface area contributed by atoms with E-state index in [0.717, 1.165) is 0 Å². The molecule has 0 aromatic heterocycles. The van der Waals surface area contributed by atoms with E-state index in [4.69, 9.17) is 10.5 Å². The Balaban J connectivity index is 2.35. The summed E-state index contributed by atoms with van der Waals surface area (Å²) in [6, 6.07) is 4.71. The smallest absolute Gasteiger partial charge is 0.242 e. The Bertz CT molecular complexity index is 591. The Labute approximate surface area is 121 Å². The summed E-state index contributed by atoms with van der Waals surface area (Å²) in [6.45, 7) is 4.27.